The number of rotatable bonds is 5. The molecule has 2 nitrogen and oxygen atoms in total. The molecule has 0 aliphatic rings. The van der Waals surface area contributed by atoms with Gasteiger partial charge in [0.2, 0.25) is 0 Å². The maximum atomic E-state index is 6.16. The molecule has 0 bridgehead atoms. The molecule has 2 aromatic rings. The smallest absolute Gasteiger partial charge is 0.123 e. The molecule has 2 N–H and O–H groups in total. The predicted octanol–water partition coefficient (Wildman–Crippen LogP) is 5.12. The fourth-order valence-corrected chi connectivity index (χ4v) is 2.58. The van der Waals surface area contributed by atoms with Crippen LogP contribution >= 0.6 is 34.8 Å². The second kappa shape index (κ2) is 7.37. The van der Waals surface area contributed by atoms with Gasteiger partial charge < -0.3 is 10.5 Å². The van der Waals surface area contributed by atoms with Crippen molar-refractivity contribution in [3.05, 3.63) is 62.6 Å². The minimum absolute atomic E-state index is 0.0283. The fraction of sp³-hybridized carbons (Fsp3) is 0.250. The van der Waals surface area contributed by atoms with Gasteiger partial charge in [-0.2, -0.15) is 0 Å². The van der Waals surface area contributed by atoms with Gasteiger partial charge in [-0.3, -0.25) is 0 Å². The molecule has 0 radical (unpaired) electrons. The van der Waals surface area contributed by atoms with Gasteiger partial charge in [-0.25, -0.2) is 0 Å². The lowest BCUT2D eigenvalue weighted by Crippen LogP contribution is -2.18. The molecule has 0 aliphatic carbocycles. The van der Waals surface area contributed by atoms with Gasteiger partial charge in [0, 0.05) is 16.6 Å². The molecule has 0 saturated heterocycles. The van der Waals surface area contributed by atoms with Gasteiger partial charge in [-0.05, 0) is 43.2 Å². The summed E-state index contributed by atoms with van der Waals surface area (Å²) in [5.41, 5.74) is 7.68. The molecule has 0 saturated carbocycles. The van der Waals surface area contributed by atoms with E-state index in [2.05, 4.69) is 0 Å². The van der Waals surface area contributed by atoms with E-state index in [1.54, 1.807) is 12.1 Å². The summed E-state index contributed by atoms with van der Waals surface area (Å²) in [5, 5.41) is 1.70. The Morgan fingerprint density at radius 3 is 2.57 bits per heavy atom. The summed E-state index contributed by atoms with van der Waals surface area (Å²) >= 11 is 18.2. The Kier molecular flexibility index (Phi) is 5.77. The predicted molar refractivity (Wildman–Crippen MR) is 89.6 cm³/mol. The summed E-state index contributed by atoms with van der Waals surface area (Å²) in [5.74, 6) is 0.757. The first-order valence-electron chi connectivity index (χ1n) is 6.57. The number of hydrogen-bond donors (Lipinski definition) is 1. The topological polar surface area (TPSA) is 35.2 Å². The van der Waals surface area contributed by atoms with Crippen molar-refractivity contribution in [2.45, 2.75) is 26.0 Å². The zero-order valence-electron chi connectivity index (χ0n) is 11.6. The third-order valence-corrected chi connectivity index (χ3v) is 4.07. The zero-order valence-corrected chi connectivity index (χ0v) is 13.8. The van der Waals surface area contributed by atoms with Crippen molar-refractivity contribution in [2.24, 2.45) is 5.73 Å². The van der Waals surface area contributed by atoms with Crippen LogP contribution in [0, 0.1) is 0 Å². The van der Waals surface area contributed by atoms with Crippen LogP contribution < -0.4 is 10.5 Å². The summed E-state index contributed by atoms with van der Waals surface area (Å²) in [6, 6.07) is 11.0. The molecule has 21 heavy (non-hydrogen) atoms. The SMILES string of the molecule is CC(N)Cc1cc(Cl)ccc1OCc1cccc(Cl)c1Cl. The summed E-state index contributed by atoms with van der Waals surface area (Å²) in [6.45, 7) is 2.28. The van der Waals surface area contributed by atoms with E-state index in [0.717, 1.165) is 16.9 Å². The average molecular weight is 345 g/mol. The highest BCUT2D eigenvalue weighted by molar-refractivity contribution is 6.42. The van der Waals surface area contributed by atoms with E-state index in [0.29, 0.717) is 28.1 Å². The maximum absolute atomic E-state index is 6.16. The Balaban J connectivity index is 2.18. The molecule has 0 fully saturated rings. The lowest BCUT2D eigenvalue weighted by Gasteiger charge is -2.14. The second-order valence-corrected chi connectivity index (χ2v) is 6.16. The highest BCUT2D eigenvalue weighted by Crippen LogP contribution is 2.28. The van der Waals surface area contributed by atoms with Crippen molar-refractivity contribution < 1.29 is 4.74 Å². The first-order valence-corrected chi connectivity index (χ1v) is 7.70. The lowest BCUT2D eigenvalue weighted by atomic mass is 10.1. The molecule has 1 unspecified atom stereocenters. The molecule has 112 valence electrons. The number of ether oxygens (including phenoxy) is 1. The van der Waals surface area contributed by atoms with Gasteiger partial charge in [0.15, 0.2) is 0 Å². The summed E-state index contributed by atoms with van der Waals surface area (Å²) < 4.78 is 5.86. The van der Waals surface area contributed by atoms with E-state index in [1.807, 2.05) is 31.2 Å². The van der Waals surface area contributed by atoms with Gasteiger partial charge >= 0.3 is 0 Å². The molecule has 0 aliphatic heterocycles. The van der Waals surface area contributed by atoms with E-state index in [4.69, 9.17) is 45.3 Å². The van der Waals surface area contributed by atoms with E-state index in [1.165, 1.54) is 0 Å². The Labute approximate surface area is 139 Å². The van der Waals surface area contributed by atoms with Crippen LogP contribution in [0.15, 0.2) is 36.4 Å². The minimum Gasteiger partial charge on any atom is -0.489 e. The molecule has 0 spiro atoms. The Bertz CT molecular complexity index is 629. The standard InChI is InChI=1S/C16H16Cl3NO/c1-10(20)7-12-8-13(17)5-6-15(12)21-9-11-3-2-4-14(18)16(11)19/h2-6,8,10H,7,9,20H2,1H3. The molecule has 1 atom stereocenters. The van der Waals surface area contributed by atoms with Gasteiger partial charge in [-0.1, -0.05) is 46.9 Å². The third-order valence-electron chi connectivity index (χ3n) is 2.98. The first kappa shape index (κ1) is 16.4. The summed E-state index contributed by atoms with van der Waals surface area (Å²) in [4.78, 5) is 0. The van der Waals surface area contributed by atoms with Crippen LogP contribution in [0.3, 0.4) is 0 Å². The van der Waals surface area contributed by atoms with Crippen molar-refractivity contribution in [3.63, 3.8) is 0 Å². The zero-order chi connectivity index (χ0) is 15.4. The van der Waals surface area contributed by atoms with Gasteiger partial charge in [0.05, 0.1) is 10.0 Å². The highest BCUT2D eigenvalue weighted by Gasteiger charge is 2.10. The van der Waals surface area contributed by atoms with Crippen LogP contribution in [0.1, 0.15) is 18.1 Å². The number of benzene rings is 2. The van der Waals surface area contributed by atoms with Crippen LogP contribution in [0.2, 0.25) is 15.1 Å². The Morgan fingerprint density at radius 2 is 1.86 bits per heavy atom. The van der Waals surface area contributed by atoms with Gasteiger partial charge in [-0.15, -0.1) is 0 Å². The molecule has 2 rings (SSSR count). The summed E-state index contributed by atoms with van der Waals surface area (Å²) in [6.07, 6.45) is 0.694. The molecule has 0 amide bonds. The lowest BCUT2D eigenvalue weighted by molar-refractivity contribution is 0.302. The molecular formula is C16H16Cl3NO. The number of halogens is 3. The van der Waals surface area contributed by atoms with Crippen molar-refractivity contribution >= 4 is 34.8 Å². The van der Waals surface area contributed by atoms with Crippen molar-refractivity contribution in [3.8, 4) is 5.75 Å². The monoisotopic (exact) mass is 343 g/mol. The van der Waals surface area contributed by atoms with Crippen molar-refractivity contribution in [1.82, 2.24) is 0 Å². The Morgan fingerprint density at radius 1 is 1.10 bits per heavy atom. The molecule has 5 heteroatoms. The van der Waals surface area contributed by atoms with Crippen molar-refractivity contribution in [1.29, 1.82) is 0 Å². The minimum atomic E-state index is 0.0283. The van der Waals surface area contributed by atoms with Gasteiger partial charge in [0.1, 0.15) is 12.4 Å². The largest absolute Gasteiger partial charge is 0.489 e. The van der Waals surface area contributed by atoms with Gasteiger partial charge in [0.25, 0.3) is 0 Å². The highest BCUT2D eigenvalue weighted by atomic mass is 35.5. The first-order chi connectivity index (χ1) is 9.97. The molecule has 0 aromatic heterocycles. The molecule has 0 heterocycles. The second-order valence-electron chi connectivity index (χ2n) is 4.94. The maximum Gasteiger partial charge on any atom is 0.123 e. The van der Waals surface area contributed by atoms with Crippen LogP contribution in [0.25, 0.3) is 0 Å². The number of nitrogens with two attached hydrogens (primary N) is 1. The van der Waals surface area contributed by atoms with E-state index in [9.17, 15) is 0 Å². The van der Waals surface area contributed by atoms with E-state index in [-0.39, 0.29) is 6.04 Å². The molecular weight excluding hydrogens is 329 g/mol. The van der Waals surface area contributed by atoms with Crippen LogP contribution in [0.5, 0.6) is 5.75 Å². The Hall–Kier alpha value is -0.930. The van der Waals surface area contributed by atoms with E-state index >= 15 is 0 Å². The van der Waals surface area contributed by atoms with Crippen LogP contribution in [-0.2, 0) is 13.0 Å². The normalized spacial score (nSPS) is 12.2. The number of hydrogen-bond acceptors (Lipinski definition) is 2. The van der Waals surface area contributed by atoms with Crippen LogP contribution in [0.4, 0.5) is 0 Å². The van der Waals surface area contributed by atoms with Crippen molar-refractivity contribution in [2.75, 3.05) is 0 Å². The fourth-order valence-electron chi connectivity index (χ4n) is 2.01. The average Bonchev–Trinajstić information content (AvgIpc) is 2.41. The summed E-state index contributed by atoms with van der Waals surface area (Å²) in [7, 11) is 0. The third kappa shape index (κ3) is 4.52. The quantitative estimate of drug-likeness (QED) is 0.817. The van der Waals surface area contributed by atoms with Crippen LogP contribution in [-0.4, -0.2) is 6.04 Å². The molecule has 2 aromatic carbocycles. The van der Waals surface area contributed by atoms with E-state index < -0.39 is 0 Å².